The van der Waals surface area contributed by atoms with Crippen molar-refractivity contribution in [1.82, 2.24) is 10.3 Å². The molecule has 2 aliphatic rings. The van der Waals surface area contributed by atoms with Crippen molar-refractivity contribution >= 4 is 45.9 Å². The van der Waals surface area contributed by atoms with E-state index in [1.54, 1.807) is 13.0 Å². The SMILES string of the molecule is C[C@H](NC1CCN(c2ccc3c(NC(=O)CC4CCCCC4)c(Cl)ccc3n2)C1)C(=O)O. The van der Waals surface area contributed by atoms with Gasteiger partial charge in [-0.15, -0.1) is 0 Å². The molecule has 2 atom stereocenters. The van der Waals surface area contributed by atoms with Gasteiger partial charge in [0.1, 0.15) is 11.9 Å². The van der Waals surface area contributed by atoms with Gasteiger partial charge in [0.25, 0.3) is 0 Å². The Balaban J connectivity index is 1.46. The van der Waals surface area contributed by atoms with Crippen molar-refractivity contribution in [2.45, 2.75) is 64.0 Å². The number of hydrogen-bond donors (Lipinski definition) is 3. The number of fused-ring (bicyclic) bond motifs is 1. The molecular formula is C24H31ClN4O3. The highest BCUT2D eigenvalue weighted by molar-refractivity contribution is 6.35. The number of hydrogen-bond acceptors (Lipinski definition) is 5. The number of carboxylic acid groups (broad SMARTS) is 1. The minimum absolute atomic E-state index is 0.0105. The Morgan fingerprint density at radius 1 is 1.19 bits per heavy atom. The number of carbonyl (C=O) groups is 2. The molecule has 0 radical (unpaired) electrons. The summed E-state index contributed by atoms with van der Waals surface area (Å²) in [6.45, 7) is 3.17. The minimum Gasteiger partial charge on any atom is -0.480 e. The molecular weight excluding hydrogens is 428 g/mol. The lowest BCUT2D eigenvalue weighted by molar-refractivity contribution is -0.139. The van der Waals surface area contributed by atoms with E-state index in [1.165, 1.54) is 19.3 Å². The fraction of sp³-hybridized carbons (Fsp3) is 0.542. The zero-order chi connectivity index (χ0) is 22.7. The number of nitrogens with zero attached hydrogens (tertiary/aromatic N) is 2. The van der Waals surface area contributed by atoms with Crippen LogP contribution in [0.5, 0.6) is 0 Å². The number of benzene rings is 1. The maximum Gasteiger partial charge on any atom is 0.320 e. The van der Waals surface area contributed by atoms with Crippen molar-refractivity contribution in [3.05, 3.63) is 29.3 Å². The Morgan fingerprint density at radius 3 is 2.72 bits per heavy atom. The zero-order valence-corrected chi connectivity index (χ0v) is 19.2. The van der Waals surface area contributed by atoms with Crippen molar-refractivity contribution in [1.29, 1.82) is 0 Å². The van der Waals surface area contributed by atoms with Gasteiger partial charge in [0.2, 0.25) is 5.91 Å². The molecule has 1 unspecified atom stereocenters. The number of aromatic nitrogens is 1. The van der Waals surface area contributed by atoms with Crippen molar-refractivity contribution in [3.8, 4) is 0 Å². The molecule has 1 aliphatic carbocycles. The maximum absolute atomic E-state index is 12.7. The molecule has 7 nitrogen and oxygen atoms in total. The number of carboxylic acids is 1. The van der Waals surface area contributed by atoms with Gasteiger partial charge in [-0.25, -0.2) is 4.98 Å². The third kappa shape index (κ3) is 5.33. The third-order valence-corrected chi connectivity index (χ3v) is 6.95. The number of aliphatic carboxylic acids is 1. The predicted octanol–water partition coefficient (Wildman–Crippen LogP) is 4.44. The largest absolute Gasteiger partial charge is 0.480 e. The molecule has 1 amide bonds. The number of pyridine rings is 1. The van der Waals surface area contributed by atoms with Crippen molar-refractivity contribution in [2.75, 3.05) is 23.3 Å². The molecule has 1 aliphatic heterocycles. The Kier molecular flexibility index (Phi) is 7.16. The molecule has 2 aromatic rings. The fourth-order valence-corrected chi connectivity index (χ4v) is 5.06. The summed E-state index contributed by atoms with van der Waals surface area (Å²) in [6.07, 6.45) is 7.34. The highest BCUT2D eigenvalue weighted by Crippen LogP contribution is 2.33. The van der Waals surface area contributed by atoms with Gasteiger partial charge in [0, 0.05) is 30.9 Å². The molecule has 2 heterocycles. The van der Waals surface area contributed by atoms with E-state index in [0.29, 0.717) is 29.6 Å². The highest BCUT2D eigenvalue weighted by Gasteiger charge is 2.26. The number of amides is 1. The van der Waals surface area contributed by atoms with Crippen molar-refractivity contribution in [2.24, 2.45) is 5.92 Å². The van der Waals surface area contributed by atoms with Crippen LogP contribution in [-0.4, -0.2) is 47.1 Å². The summed E-state index contributed by atoms with van der Waals surface area (Å²) in [6, 6.07) is 7.08. The van der Waals surface area contributed by atoms with Gasteiger partial charge >= 0.3 is 5.97 Å². The smallest absolute Gasteiger partial charge is 0.320 e. The summed E-state index contributed by atoms with van der Waals surface area (Å²) < 4.78 is 0. The van der Waals surface area contributed by atoms with Gasteiger partial charge in [-0.05, 0) is 56.4 Å². The number of nitrogens with one attached hydrogen (secondary N) is 2. The number of anilines is 2. The van der Waals surface area contributed by atoms with E-state index in [4.69, 9.17) is 21.7 Å². The first-order chi connectivity index (χ1) is 15.4. The molecule has 0 bridgehead atoms. The van der Waals surface area contributed by atoms with Gasteiger partial charge in [-0.1, -0.05) is 30.9 Å². The van der Waals surface area contributed by atoms with E-state index in [1.807, 2.05) is 18.2 Å². The maximum atomic E-state index is 12.7. The first-order valence-electron chi connectivity index (χ1n) is 11.5. The lowest BCUT2D eigenvalue weighted by Gasteiger charge is -2.21. The Morgan fingerprint density at radius 2 is 1.97 bits per heavy atom. The molecule has 2 fully saturated rings. The van der Waals surface area contributed by atoms with Crippen molar-refractivity contribution < 1.29 is 14.7 Å². The Labute approximate surface area is 193 Å². The normalized spacial score (nSPS) is 20.4. The van der Waals surface area contributed by atoms with E-state index in [-0.39, 0.29) is 11.9 Å². The fourth-order valence-electron chi connectivity index (χ4n) is 4.84. The first kappa shape index (κ1) is 22.8. The number of rotatable bonds is 7. The molecule has 32 heavy (non-hydrogen) atoms. The topological polar surface area (TPSA) is 94.6 Å². The lowest BCUT2D eigenvalue weighted by atomic mass is 9.87. The summed E-state index contributed by atoms with van der Waals surface area (Å²) in [7, 11) is 0. The summed E-state index contributed by atoms with van der Waals surface area (Å²) >= 11 is 6.44. The molecule has 1 aromatic carbocycles. The van der Waals surface area contributed by atoms with Crippen LogP contribution in [-0.2, 0) is 9.59 Å². The summed E-state index contributed by atoms with van der Waals surface area (Å²) in [5.74, 6) is 0.466. The van der Waals surface area contributed by atoms with Crippen LogP contribution in [0.1, 0.15) is 51.9 Å². The summed E-state index contributed by atoms with van der Waals surface area (Å²) in [5, 5.41) is 16.6. The second-order valence-electron chi connectivity index (χ2n) is 9.07. The molecule has 0 spiro atoms. The van der Waals surface area contributed by atoms with E-state index >= 15 is 0 Å². The van der Waals surface area contributed by atoms with Crippen LogP contribution in [0, 0.1) is 5.92 Å². The average Bonchev–Trinajstić information content (AvgIpc) is 3.24. The summed E-state index contributed by atoms with van der Waals surface area (Å²) in [4.78, 5) is 30.7. The standard InChI is InChI=1S/C24H31ClN4O3/c1-15(24(31)32)26-17-11-12-29(14-17)21-10-7-18-20(27-21)9-8-19(25)23(18)28-22(30)13-16-5-3-2-4-6-16/h7-10,15-17,26H,2-6,11-14H2,1H3,(H,28,30)(H,31,32)/t15-,17?/m0/s1. The monoisotopic (exact) mass is 458 g/mol. The van der Waals surface area contributed by atoms with Crippen LogP contribution >= 0.6 is 11.6 Å². The van der Waals surface area contributed by atoms with E-state index < -0.39 is 12.0 Å². The summed E-state index contributed by atoms with van der Waals surface area (Å²) in [5.41, 5.74) is 1.40. The molecule has 1 saturated carbocycles. The van der Waals surface area contributed by atoms with Crippen LogP contribution in [0.25, 0.3) is 10.9 Å². The van der Waals surface area contributed by atoms with Gasteiger partial charge in [-0.3, -0.25) is 9.59 Å². The third-order valence-electron chi connectivity index (χ3n) is 6.64. The van der Waals surface area contributed by atoms with Crippen LogP contribution in [0.3, 0.4) is 0 Å². The first-order valence-corrected chi connectivity index (χ1v) is 11.9. The molecule has 172 valence electrons. The van der Waals surface area contributed by atoms with Gasteiger partial charge < -0.3 is 20.6 Å². The Hall–Kier alpha value is -2.38. The number of carbonyl (C=O) groups excluding carboxylic acids is 1. The lowest BCUT2D eigenvalue weighted by Crippen LogP contribution is -2.42. The molecule has 4 rings (SSSR count). The average molecular weight is 459 g/mol. The molecule has 3 N–H and O–H groups in total. The second kappa shape index (κ2) is 10.0. The van der Waals surface area contributed by atoms with Gasteiger partial charge in [-0.2, -0.15) is 0 Å². The zero-order valence-electron chi connectivity index (χ0n) is 18.4. The van der Waals surface area contributed by atoms with Crippen molar-refractivity contribution in [3.63, 3.8) is 0 Å². The van der Waals surface area contributed by atoms with Crippen LogP contribution < -0.4 is 15.5 Å². The molecule has 8 heteroatoms. The quantitative estimate of drug-likeness (QED) is 0.567. The van der Waals surface area contributed by atoms with Crippen LogP contribution in [0.4, 0.5) is 11.5 Å². The molecule has 1 aromatic heterocycles. The van der Waals surface area contributed by atoms with Gasteiger partial charge in [0.15, 0.2) is 0 Å². The Bertz CT molecular complexity index is 993. The minimum atomic E-state index is -0.845. The van der Waals surface area contributed by atoms with E-state index in [2.05, 4.69) is 15.5 Å². The molecule has 1 saturated heterocycles. The predicted molar refractivity (Wildman–Crippen MR) is 127 cm³/mol. The van der Waals surface area contributed by atoms with E-state index in [9.17, 15) is 9.59 Å². The highest BCUT2D eigenvalue weighted by atomic mass is 35.5. The second-order valence-corrected chi connectivity index (χ2v) is 9.48. The van der Waals surface area contributed by atoms with E-state index in [0.717, 1.165) is 42.5 Å². The van der Waals surface area contributed by atoms with Crippen LogP contribution in [0.2, 0.25) is 5.02 Å². The van der Waals surface area contributed by atoms with Crippen LogP contribution in [0.15, 0.2) is 24.3 Å². The number of halogens is 1. The van der Waals surface area contributed by atoms with Gasteiger partial charge in [0.05, 0.1) is 16.2 Å².